The van der Waals surface area contributed by atoms with E-state index in [1.807, 2.05) is 6.92 Å². The number of carbonyl (C=O) groups is 2. The lowest BCUT2D eigenvalue weighted by atomic mass is 9.76. The van der Waals surface area contributed by atoms with Gasteiger partial charge in [-0.1, -0.05) is 27.7 Å². The number of hydrogen-bond acceptors (Lipinski definition) is 3. The molecule has 5 heteroatoms. The lowest BCUT2D eigenvalue weighted by molar-refractivity contribution is -0.137. The molecule has 2 atom stereocenters. The molecule has 0 aliphatic rings. The van der Waals surface area contributed by atoms with E-state index in [9.17, 15) is 9.59 Å². The van der Waals surface area contributed by atoms with Crippen molar-refractivity contribution < 1.29 is 14.7 Å². The first kappa shape index (κ1) is 17.9. The molecule has 0 rings (SSSR count). The normalized spacial score (nSPS) is 14.8. The van der Waals surface area contributed by atoms with Crippen molar-refractivity contribution in [3.63, 3.8) is 0 Å². The molecule has 112 valence electrons. The second kappa shape index (κ2) is 8.15. The Bertz CT molecular complexity index is 298. The summed E-state index contributed by atoms with van der Waals surface area (Å²) in [7, 11) is 0. The molecule has 0 heterocycles. The minimum atomic E-state index is -0.772. The largest absolute Gasteiger partial charge is 0.481 e. The maximum atomic E-state index is 11.5. The van der Waals surface area contributed by atoms with Crippen molar-refractivity contribution >= 4 is 11.9 Å². The average molecular weight is 272 g/mol. The highest BCUT2D eigenvalue weighted by atomic mass is 16.4. The van der Waals surface area contributed by atoms with Crippen molar-refractivity contribution in [1.82, 2.24) is 5.32 Å². The van der Waals surface area contributed by atoms with Gasteiger partial charge in [0.15, 0.2) is 0 Å². The summed E-state index contributed by atoms with van der Waals surface area (Å²) >= 11 is 0. The quantitative estimate of drug-likeness (QED) is 0.627. The monoisotopic (exact) mass is 272 g/mol. The molecule has 0 aromatic carbocycles. The Hall–Kier alpha value is -1.10. The molecule has 5 nitrogen and oxygen atoms in total. The third-order valence-electron chi connectivity index (χ3n) is 3.50. The van der Waals surface area contributed by atoms with Gasteiger partial charge in [0.25, 0.3) is 0 Å². The van der Waals surface area contributed by atoms with Crippen LogP contribution < -0.4 is 11.1 Å². The predicted molar refractivity (Wildman–Crippen MR) is 75.7 cm³/mol. The molecule has 0 aliphatic carbocycles. The first-order valence-electron chi connectivity index (χ1n) is 6.93. The van der Waals surface area contributed by atoms with E-state index in [4.69, 9.17) is 10.8 Å². The average Bonchev–Trinajstić information content (AvgIpc) is 2.30. The number of amides is 1. The third-order valence-corrected chi connectivity index (χ3v) is 3.50. The Morgan fingerprint density at radius 1 is 1.26 bits per heavy atom. The van der Waals surface area contributed by atoms with Crippen molar-refractivity contribution in [2.45, 2.75) is 59.4 Å². The molecule has 0 spiro atoms. The molecule has 19 heavy (non-hydrogen) atoms. The number of carboxylic acid groups (broad SMARTS) is 1. The van der Waals surface area contributed by atoms with E-state index in [0.717, 1.165) is 6.42 Å². The lowest BCUT2D eigenvalue weighted by Gasteiger charge is -2.30. The van der Waals surface area contributed by atoms with Crippen molar-refractivity contribution in [3.05, 3.63) is 0 Å². The molecule has 0 saturated heterocycles. The molecule has 0 bridgehead atoms. The van der Waals surface area contributed by atoms with Gasteiger partial charge in [0.1, 0.15) is 0 Å². The summed E-state index contributed by atoms with van der Waals surface area (Å²) in [6.07, 6.45) is 2.20. The summed E-state index contributed by atoms with van der Waals surface area (Å²) in [6.45, 7) is 8.71. The number of nitrogens with one attached hydrogen (secondary N) is 1. The van der Waals surface area contributed by atoms with Crippen LogP contribution in [0.4, 0.5) is 0 Å². The number of hydrogen-bond donors (Lipinski definition) is 3. The van der Waals surface area contributed by atoms with Crippen LogP contribution in [-0.2, 0) is 9.59 Å². The van der Waals surface area contributed by atoms with Crippen molar-refractivity contribution in [2.75, 3.05) is 6.54 Å². The minimum absolute atomic E-state index is 0.0348. The van der Waals surface area contributed by atoms with Crippen LogP contribution in [0.1, 0.15) is 53.4 Å². The van der Waals surface area contributed by atoms with E-state index in [-0.39, 0.29) is 23.7 Å². The summed E-state index contributed by atoms with van der Waals surface area (Å²) in [5.74, 6) is -0.638. The predicted octanol–water partition coefficient (Wildman–Crippen LogP) is 1.76. The van der Waals surface area contributed by atoms with Crippen molar-refractivity contribution in [1.29, 1.82) is 0 Å². The number of aliphatic carboxylic acids is 1. The zero-order valence-electron chi connectivity index (χ0n) is 12.5. The van der Waals surface area contributed by atoms with Crippen molar-refractivity contribution in [3.8, 4) is 0 Å². The molecule has 0 aromatic heterocycles. The summed E-state index contributed by atoms with van der Waals surface area (Å²) in [6, 6.07) is -0.452. The molecule has 1 unspecified atom stereocenters. The topological polar surface area (TPSA) is 92.4 Å². The van der Waals surface area contributed by atoms with Gasteiger partial charge in [-0.05, 0) is 30.6 Å². The molecule has 0 fully saturated rings. The maximum Gasteiger partial charge on any atom is 0.303 e. The standard InChI is InChI=1S/C14H28N2O3/c1-5-11(15)13(19)16-9-8-10(14(2,3)4)6-7-12(17)18/h10-11H,5-9,15H2,1-4H3,(H,16,19)(H,17,18)/t10?,11-/m1/s1. The van der Waals surface area contributed by atoms with Gasteiger partial charge in [-0.15, -0.1) is 0 Å². The molecule has 1 amide bonds. The molecule has 0 radical (unpaired) electrons. The highest BCUT2D eigenvalue weighted by Crippen LogP contribution is 2.32. The van der Waals surface area contributed by atoms with Crippen LogP contribution in [0.5, 0.6) is 0 Å². The Morgan fingerprint density at radius 3 is 2.26 bits per heavy atom. The number of carbonyl (C=O) groups excluding carboxylic acids is 1. The van der Waals surface area contributed by atoms with Crippen LogP contribution in [-0.4, -0.2) is 29.6 Å². The summed E-state index contributed by atoms with van der Waals surface area (Å²) in [5.41, 5.74) is 5.66. The van der Waals surface area contributed by atoms with Crippen LogP contribution in [0, 0.1) is 11.3 Å². The Balaban J connectivity index is 4.20. The highest BCUT2D eigenvalue weighted by molar-refractivity contribution is 5.81. The van der Waals surface area contributed by atoms with Crippen LogP contribution in [0.15, 0.2) is 0 Å². The van der Waals surface area contributed by atoms with E-state index in [2.05, 4.69) is 26.1 Å². The van der Waals surface area contributed by atoms with Gasteiger partial charge >= 0.3 is 5.97 Å². The van der Waals surface area contributed by atoms with Gasteiger partial charge in [0, 0.05) is 13.0 Å². The molecule has 0 aromatic rings. The summed E-state index contributed by atoms with van der Waals surface area (Å²) in [5, 5.41) is 11.6. The van der Waals surface area contributed by atoms with Gasteiger partial charge in [-0.3, -0.25) is 9.59 Å². The number of carboxylic acids is 1. The summed E-state index contributed by atoms with van der Waals surface area (Å²) < 4.78 is 0. The zero-order valence-corrected chi connectivity index (χ0v) is 12.5. The van der Waals surface area contributed by atoms with E-state index in [1.165, 1.54) is 0 Å². The smallest absolute Gasteiger partial charge is 0.303 e. The van der Waals surface area contributed by atoms with E-state index < -0.39 is 12.0 Å². The molecule has 0 aliphatic heterocycles. The zero-order chi connectivity index (χ0) is 15.1. The Labute approximate surface area is 115 Å². The second-order valence-electron chi connectivity index (χ2n) is 6.09. The summed E-state index contributed by atoms with van der Waals surface area (Å²) in [4.78, 5) is 22.2. The Kier molecular flexibility index (Phi) is 7.68. The first-order valence-corrected chi connectivity index (χ1v) is 6.93. The van der Waals surface area contributed by atoms with Gasteiger partial charge < -0.3 is 16.2 Å². The fourth-order valence-electron chi connectivity index (χ4n) is 1.99. The van der Waals surface area contributed by atoms with Gasteiger partial charge in [0.05, 0.1) is 6.04 Å². The maximum absolute atomic E-state index is 11.5. The van der Waals surface area contributed by atoms with Crippen LogP contribution in [0.2, 0.25) is 0 Å². The van der Waals surface area contributed by atoms with Gasteiger partial charge in [0.2, 0.25) is 5.91 Å². The molecular formula is C14H28N2O3. The van der Waals surface area contributed by atoms with E-state index >= 15 is 0 Å². The lowest BCUT2D eigenvalue weighted by Crippen LogP contribution is -2.41. The Morgan fingerprint density at radius 2 is 1.84 bits per heavy atom. The molecule has 0 saturated carbocycles. The fourth-order valence-corrected chi connectivity index (χ4v) is 1.99. The SMILES string of the molecule is CC[C@@H](N)C(=O)NCCC(CCC(=O)O)C(C)(C)C. The van der Waals surface area contributed by atoms with E-state index in [0.29, 0.717) is 19.4 Å². The van der Waals surface area contributed by atoms with Crippen LogP contribution >= 0.6 is 0 Å². The third kappa shape index (κ3) is 7.82. The number of nitrogens with two attached hydrogens (primary N) is 1. The molecular weight excluding hydrogens is 244 g/mol. The molecule has 4 N–H and O–H groups in total. The van der Waals surface area contributed by atoms with Gasteiger partial charge in [-0.2, -0.15) is 0 Å². The van der Waals surface area contributed by atoms with Crippen molar-refractivity contribution in [2.24, 2.45) is 17.1 Å². The first-order chi connectivity index (χ1) is 8.68. The number of rotatable bonds is 8. The minimum Gasteiger partial charge on any atom is -0.481 e. The van der Waals surface area contributed by atoms with Gasteiger partial charge in [-0.25, -0.2) is 0 Å². The van der Waals surface area contributed by atoms with Crippen LogP contribution in [0.25, 0.3) is 0 Å². The highest BCUT2D eigenvalue weighted by Gasteiger charge is 2.25. The van der Waals surface area contributed by atoms with Crippen LogP contribution in [0.3, 0.4) is 0 Å². The fraction of sp³-hybridized carbons (Fsp3) is 0.857. The van der Waals surface area contributed by atoms with E-state index in [1.54, 1.807) is 0 Å². The second-order valence-corrected chi connectivity index (χ2v) is 6.09.